The number of anilines is 3. The number of para-hydroxylation sites is 1. The fourth-order valence-electron chi connectivity index (χ4n) is 4.31. The van der Waals surface area contributed by atoms with Gasteiger partial charge < -0.3 is 10.6 Å². The molecular formula is C31H24N6O. The third kappa shape index (κ3) is 4.73. The van der Waals surface area contributed by atoms with Crippen LogP contribution in [-0.4, -0.2) is 25.5 Å². The lowest BCUT2D eigenvalue weighted by atomic mass is 10.0. The highest BCUT2D eigenvalue weighted by Crippen LogP contribution is 2.35. The highest BCUT2D eigenvalue weighted by Gasteiger charge is 2.19. The molecular weight excluding hydrogens is 472 g/mol. The molecule has 184 valence electrons. The Balaban J connectivity index is 1.39. The van der Waals surface area contributed by atoms with Gasteiger partial charge in [0.1, 0.15) is 5.69 Å². The molecule has 3 aromatic carbocycles. The minimum atomic E-state index is -0.162. The molecule has 38 heavy (non-hydrogen) atoms. The molecule has 0 radical (unpaired) electrons. The van der Waals surface area contributed by atoms with Gasteiger partial charge in [-0.3, -0.25) is 4.79 Å². The zero-order valence-electron chi connectivity index (χ0n) is 20.7. The number of rotatable bonds is 6. The molecule has 0 spiro atoms. The predicted molar refractivity (Wildman–Crippen MR) is 151 cm³/mol. The number of benzene rings is 3. The molecule has 0 aliphatic rings. The summed E-state index contributed by atoms with van der Waals surface area (Å²) in [6, 6.07) is 32.8. The highest BCUT2D eigenvalue weighted by molar-refractivity contribution is 6.04. The van der Waals surface area contributed by atoms with Gasteiger partial charge >= 0.3 is 0 Å². The van der Waals surface area contributed by atoms with Crippen molar-refractivity contribution in [1.29, 1.82) is 0 Å². The van der Waals surface area contributed by atoms with Gasteiger partial charge in [0.2, 0.25) is 5.95 Å². The largest absolute Gasteiger partial charge is 0.324 e. The van der Waals surface area contributed by atoms with E-state index >= 15 is 0 Å². The van der Waals surface area contributed by atoms with Crippen LogP contribution in [0.3, 0.4) is 0 Å². The van der Waals surface area contributed by atoms with Gasteiger partial charge in [-0.15, -0.1) is 0 Å². The number of fused-ring (bicyclic) bond motifs is 1. The Morgan fingerprint density at radius 1 is 0.816 bits per heavy atom. The van der Waals surface area contributed by atoms with E-state index in [0.717, 1.165) is 39.3 Å². The molecule has 7 heteroatoms. The van der Waals surface area contributed by atoms with E-state index < -0.39 is 0 Å². The number of carbonyl (C=O) groups is 1. The van der Waals surface area contributed by atoms with Crippen molar-refractivity contribution in [2.45, 2.75) is 6.92 Å². The average Bonchev–Trinajstić information content (AvgIpc) is 3.34. The number of aryl methyl sites for hydroxylation is 1. The maximum atomic E-state index is 12.8. The summed E-state index contributed by atoms with van der Waals surface area (Å²) in [5, 5.41) is 11.2. The maximum Gasteiger partial charge on any atom is 0.255 e. The number of aromatic nitrogens is 4. The summed E-state index contributed by atoms with van der Waals surface area (Å²) in [6.45, 7) is 2.00. The zero-order valence-corrected chi connectivity index (χ0v) is 20.7. The second-order valence-electron chi connectivity index (χ2n) is 8.91. The monoisotopic (exact) mass is 496 g/mol. The molecule has 6 aromatic rings. The topological polar surface area (TPSA) is 84.2 Å². The Morgan fingerprint density at radius 3 is 2.45 bits per heavy atom. The highest BCUT2D eigenvalue weighted by atomic mass is 16.1. The van der Waals surface area contributed by atoms with Gasteiger partial charge in [0.25, 0.3) is 5.91 Å². The number of carbonyl (C=O) groups excluding carboxylic acids is 1. The Hall–Kier alpha value is -5.30. The van der Waals surface area contributed by atoms with E-state index in [1.54, 1.807) is 6.20 Å². The number of nitrogens with one attached hydrogen (secondary N) is 2. The number of nitrogens with zero attached hydrogens (tertiary/aromatic N) is 4. The standard InChI is InChI=1S/C31H24N6O/c1-21-13-15-22(16-14-21)30(38)33-25-11-7-8-23(20-25)29-28(27-12-5-6-19-37(27)36-29)26-17-18-32-31(35-26)34-24-9-3-2-4-10-24/h2-20H,1H3,(H,33,38)(H,32,34,35). The average molecular weight is 497 g/mol. The first-order valence-electron chi connectivity index (χ1n) is 12.3. The van der Waals surface area contributed by atoms with Crippen LogP contribution in [-0.2, 0) is 0 Å². The van der Waals surface area contributed by atoms with E-state index in [1.165, 1.54) is 0 Å². The van der Waals surface area contributed by atoms with Gasteiger partial charge in [-0.25, -0.2) is 14.5 Å². The van der Waals surface area contributed by atoms with E-state index in [1.807, 2.05) is 121 Å². The molecule has 3 aromatic heterocycles. The van der Waals surface area contributed by atoms with Gasteiger partial charge in [0.05, 0.1) is 16.8 Å². The Labute approximate surface area is 219 Å². The fourth-order valence-corrected chi connectivity index (χ4v) is 4.31. The van der Waals surface area contributed by atoms with E-state index in [9.17, 15) is 4.79 Å². The molecule has 0 fully saturated rings. The van der Waals surface area contributed by atoms with Crippen LogP contribution in [0.25, 0.3) is 28.0 Å². The lowest BCUT2D eigenvalue weighted by Crippen LogP contribution is -2.11. The fraction of sp³-hybridized carbons (Fsp3) is 0.0323. The van der Waals surface area contributed by atoms with Crippen molar-refractivity contribution < 1.29 is 4.79 Å². The van der Waals surface area contributed by atoms with Crippen LogP contribution in [0.2, 0.25) is 0 Å². The van der Waals surface area contributed by atoms with Crippen LogP contribution < -0.4 is 10.6 Å². The predicted octanol–water partition coefficient (Wildman–Crippen LogP) is 6.76. The van der Waals surface area contributed by atoms with Gasteiger partial charge in [-0.05, 0) is 61.5 Å². The number of pyridine rings is 1. The van der Waals surface area contributed by atoms with Crippen LogP contribution >= 0.6 is 0 Å². The van der Waals surface area contributed by atoms with Gasteiger partial charge in [-0.1, -0.05) is 54.1 Å². The third-order valence-corrected chi connectivity index (χ3v) is 6.19. The molecule has 3 heterocycles. The van der Waals surface area contributed by atoms with Crippen LogP contribution in [0.15, 0.2) is 116 Å². The summed E-state index contributed by atoms with van der Waals surface area (Å²) in [5.41, 5.74) is 7.46. The molecule has 2 N–H and O–H groups in total. The maximum absolute atomic E-state index is 12.8. The summed E-state index contributed by atoms with van der Waals surface area (Å²) < 4.78 is 1.84. The molecule has 0 atom stereocenters. The molecule has 0 unspecified atom stereocenters. The van der Waals surface area contributed by atoms with E-state index in [-0.39, 0.29) is 5.91 Å². The van der Waals surface area contributed by atoms with Gasteiger partial charge in [-0.2, -0.15) is 5.10 Å². The molecule has 6 rings (SSSR count). The van der Waals surface area contributed by atoms with Crippen LogP contribution in [0.4, 0.5) is 17.3 Å². The molecule has 0 bridgehead atoms. The lowest BCUT2D eigenvalue weighted by Gasteiger charge is -2.09. The first-order chi connectivity index (χ1) is 18.6. The summed E-state index contributed by atoms with van der Waals surface area (Å²) in [4.78, 5) is 22.1. The van der Waals surface area contributed by atoms with E-state index in [0.29, 0.717) is 17.2 Å². The lowest BCUT2D eigenvalue weighted by molar-refractivity contribution is 0.102. The van der Waals surface area contributed by atoms with Crippen LogP contribution in [0, 0.1) is 6.92 Å². The van der Waals surface area contributed by atoms with Crippen molar-refractivity contribution in [2.24, 2.45) is 0 Å². The van der Waals surface area contributed by atoms with Crippen molar-refractivity contribution in [2.75, 3.05) is 10.6 Å². The van der Waals surface area contributed by atoms with Crippen molar-refractivity contribution in [1.82, 2.24) is 19.6 Å². The first-order valence-corrected chi connectivity index (χ1v) is 12.3. The Morgan fingerprint density at radius 2 is 1.61 bits per heavy atom. The van der Waals surface area contributed by atoms with Crippen LogP contribution in [0.5, 0.6) is 0 Å². The zero-order chi connectivity index (χ0) is 25.9. The Bertz CT molecular complexity index is 1740. The molecule has 0 aliphatic heterocycles. The molecule has 0 aliphatic carbocycles. The normalized spacial score (nSPS) is 10.9. The van der Waals surface area contributed by atoms with Crippen molar-refractivity contribution in [3.8, 4) is 22.5 Å². The number of amides is 1. The second kappa shape index (κ2) is 9.99. The third-order valence-electron chi connectivity index (χ3n) is 6.19. The minimum absolute atomic E-state index is 0.162. The number of hydrogen-bond acceptors (Lipinski definition) is 5. The first kappa shape index (κ1) is 23.1. The van der Waals surface area contributed by atoms with Crippen molar-refractivity contribution in [3.05, 3.63) is 127 Å². The van der Waals surface area contributed by atoms with E-state index in [4.69, 9.17) is 10.1 Å². The number of hydrogen-bond donors (Lipinski definition) is 2. The summed E-state index contributed by atoms with van der Waals surface area (Å²) in [6.07, 6.45) is 3.65. The summed E-state index contributed by atoms with van der Waals surface area (Å²) in [7, 11) is 0. The molecule has 1 amide bonds. The van der Waals surface area contributed by atoms with Crippen LogP contribution in [0.1, 0.15) is 15.9 Å². The SMILES string of the molecule is Cc1ccc(C(=O)Nc2cccc(-c3nn4ccccc4c3-c3ccnc(Nc4ccccc4)n3)c2)cc1. The summed E-state index contributed by atoms with van der Waals surface area (Å²) in [5.74, 6) is 0.332. The Kier molecular flexibility index (Phi) is 6.08. The smallest absolute Gasteiger partial charge is 0.255 e. The van der Waals surface area contributed by atoms with Gasteiger partial charge in [0, 0.05) is 34.9 Å². The summed E-state index contributed by atoms with van der Waals surface area (Å²) >= 11 is 0. The van der Waals surface area contributed by atoms with Crippen molar-refractivity contribution in [3.63, 3.8) is 0 Å². The minimum Gasteiger partial charge on any atom is -0.324 e. The molecule has 7 nitrogen and oxygen atoms in total. The second-order valence-corrected chi connectivity index (χ2v) is 8.91. The molecule has 0 saturated carbocycles. The van der Waals surface area contributed by atoms with E-state index in [2.05, 4.69) is 15.6 Å². The van der Waals surface area contributed by atoms with Crippen molar-refractivity contribution >= 4 is 28.7 Å². The molecule has 0 saturated heterocycles. The quantitative estimate of drug-likeness (QED) is 0.266. The van der Waals surface area contributed by atoms with Gasteiger partial charge in [0.15, 0.2) is 0 Å².